The summed E-state index contributed by atoms with van der Waals surface area (Å²) in [4.78, 5) is 27.1. The minimum absolute atomic E-state index is 0.0493. The van der Waals surface area contributed by atoms with Gasteiger partial charge in [-0.1, -0.05) is 12.1 Å². The number of rotatable bonds is 4. The van der Waals surface area contributed by atoms with E-state index in [4.69, 9.17) is 0 Å². The highest BCUT2D eigenvalue weighted by Crippen LogP contribution is 2.30. The van der Waals surface area contributed by atoms with E-state index in [9.17, 15) is 14.9 Å². The van der Waals surface area contributed by atoms with Crippen molar-refractivity contribution in [1.29, 1.82) is 0 Å². The summed E-state index contributed by atoms with van der Waals surface area (Å²) >= 11 is 1.62. The molecule has 0 aliphatic rings. The molecule has 0 aliphatic heterocycles. The van der Waals surface area contributed by atoms with Crippen molar-refractivity contribution in [3.8, 4) is 10.6 Å². The van der Waals surface area contributed by atoms with E-state index in [2.05, 4.69) is 10.3 Å². The lowest BCUT2D eigenvalue weighted by Gasteiger charge is -2.06. The molecule has 27 heavy (non-hydrogen) atoms. The molecule has 0 radical (unpaired) electrons. The molecular weight excluding hydrogens is 362 g/mol. The lowest BCUT2D eigenvalue weighted by atomic mass is 10.1. The summed E-state index contributed by atoms with van der Waals surface area (Å²) in [6.07, 6.45) is 0. The van der Waals surface area contributed by atoms with Gasteiger partial charge in [-0.3, -0.25) is 14.9 Å². The molecule has 4 aromatic rings. The Morgan fingerprint density at radius 1 is 0.963 bits per heavy atom. The minimum Gasteiger partial charge on any atom is -0.322 e. The van der Waals surface area contributed by atoms with Crippen LogP contribution in [0.3, 0.4) is 0 Å². The minimum atomic E-state index is -0.498. The van der Waals surface area contributed by atoms with Gasteiger partial charge >= 0.3 is 0 Å². The monoisotopic (exact) mass is 375 g/mol. The van der Waals surface area contributed by atoms with Gasteiger partial charge in [0.2, 0.25) is 0 Å². The molecule has 4 rings (SSSR count). The van der Waals surface area contributed by atoms with Crippen LogP contribution in [-0.4, -0.2) is 15.8 Å². The molecule has 0 saturated carbocycles. The number of fused-ring (bicyclic) bond motifs is 1. The normalized spacial score (nSPS) is 10.7. The van der Waals surface area contributed by atoms with Crippen LogP contribution in [0, 0.1) is 10.1 Å². The van der Waals surface area contributed by atoms with Crippen LogP contribution in [0.4, 0.5) is 11.4 Å². The maximum Gasteiger partial charge on any atom is 0.269 e. The van der Waals surface area contributed by atoms with E-state index in [1.165, 1.54) is 24.3 Å². The predicted octanol–water partition coefficient (Wildman–Crippen LogP) is 5.12. The van der Waals surface area contributed by atoms with Crippen LogP contribution in [0.25, 0.3) is 20.8 Å². The zero-order valence-corrected chi connectivity index (χ0v) is 14.8. The lowest BCUT2D eigenvalue weighted by Crippen LogP contribution is -2.11. The largest absolute Gasteiger partial charge is 0.322 e. The van der Waals surface area contributed by atoms with Gasteiger partial charge in [0.15, 0.2) is 0 Å². The number of nitrogens with zero attached hydrogens (tertiary/aromatic N) is 2. The van der Waals surface area contributed by atoms with Crippen LogP contribution in [0.5, 0.6) is 0 Å². The molecular formula is C20H13N3O3S. The maximum atomic E-state index is 12.3. The Morgan fingerprint density at radius 2 is 1.67 bits per heavy atom. The molecule has 0 spiro atoms. The van der Waals surface area contributed by atoms with Crippen LogP contribution in [0.15, 0.2) is 72.8 Å². The number of nitrogens with one attached hydrogen (secondary N) is 1. The zero-order valence-electron chi connectivity index (χ0n) is 14.0. The van der Waals surface area contributed by atoms with Gasteiger partial charge in [0.1, 0.15) is 5.01 Å². The fourth-order valence-corrected chi connectivity index (χ4v) is 3.60. The predicted molar refractivity (Wildman–Crippen MR) is 106 cm³/mol. The van der Waals surface area contributed by atoms with Crippen molar-refractivity contribution in [3.05, 3.63) is 88.5 Å². The number of amides is 1. The van der Waals surface area contributed by atoms with E-state index in [1.807, 2.05) is 48.5 Å². The number of carbonyl (C=O) groups is 1. The summed E-state index contributed by atoms with van der Waals surface area (Å²) < 4.78 is 1.13. The third kappa shape index (κ3) is 3.54. The third-order valence-corrected chi connectivity index (χ3v) is 5.11. The van der Waals surface area contributed by atoms with Crippen LogP contribution < -0.4 is 5.32 Å². The van der Waals surface area contributed by atoms with Crippen molar-refractivity contribution in [1.82, 2.24) is 4.98 Å². The lowest BCUT2D eigenvalue weighted by molar-refractivity contribution is -0.384. The number of thiazole rings is 1. The molecule has 7 heteroatoms. The van der Waals surface area contributed by atoms with Crippen molar-refractivity contribution in [2.24, 2.45) is 0 Å². The van der Waals surface area contributed by atoms with E-state index in [0.717, 1.165) is 20.8 Å². The fraction of sp³-hybridized carbons (Fsp3) is 0. The number of non-ortho nitro benzene ring substituents is 1. The van der Waals surface area contributed by atoms with E-state index in [1.54, 1.807) is 11.3 Å². The van der Waals surface area contributed by atoms with Crippen molar-refractivity contribution < 1.29 is 9.72 Å². The Balaban J connectivity index is 1.50. The molecule has 1 aromatic heterocycles. The average Bonchev–Trinajstić information content (AvgIpc) is 3.13. The van der Waals surface area contributed by atoms with Crippen LogP contribution in [-0.2, 0) is 0 Å². The summed E-state index contributed by atoms with van der Waals surface area (Å²) in [5.41, 5.74) is 2.89. The third-order valence-electron chi connectivity index (χ3n) is 4.02. The first-order valence-corrected chi connectivity index (χ1v) is 8.93. The Bertz CT molecular complexity index is 1100. The summed E-state index contributed by atoms with van der Waals surface area (Å²) in [5, 5.41) is 14.4. The van der Waals surface area contributed by atoms with Crippen LogP contribution in [0.2, 0.25) is 0 Å². The molecule has 0 atom stereocenters. The Morgan fingerprint density at radius 3 is 2.33 bits per heavy atom. The fourth-order valence-electron chi connectivity index (χ4n) is 2.63. The molecule has 0 bridgehead atoms. The quantitative estimate of drug-likeness (QED) is 0.396. The van der Waals surface area contributed by atoms with Crippen LogP contribution in [0.1, 0.15) is 10.4 Å². The second-order valence-corrected chi connectivity index (χ2v) is 6.85. The number of anilines is 1. The second kappa shape index (κ2) is 6.97. The van der Waals surface area contributed by atoms with E-state index >= 15 is 0 Å². The van der Waals surface area contributed by atoms with Crippen LogP contribution >= 0.6 is 11.3 Å². The number of hydrogen-bond donors (Lipinski definition) is 1. The zero-order chi connectivity index (χ0) is 18.8. The first-order valence-electron chi connectivity index (χ1n) is 8.12. The first-order chi connectivity index (χ1) is 13.1. The summed E-state index contributed by atoms with van der Waals surface area (Å²) in [6.45, 7) is 0. The van der Waals surface area contributed by atoms with Crippen molar-refractivity contribution in [2.75, 3.05) is 5.32 Å². The van der Waals surface area contributed by atoms with Gasteiger partial charge in [-0.05, 0) is 48.5 Å². The van der Waals surface area contributed by atoms with Gasteiger partial charge in [-0.25, -0.2) is 4.98 Å². The topological polar surface area (TPSA) is 85.1 Å². The van der Waals surface area contributed by atoms with Crippen molar-refractivity contribution in [3.63, 3.8) is 0 Å². The Labute approximate surface area is 158 Å². The van der Waals surface area contributed by atoms with E-state index < -0.39 is 4.92 Å². The highest BCUT2D eigenvalue weighted by Gasteiger charge is 2.10. The van der Waals surface area contributed by atoms with Crippen molar-refractivity contribution >= 4 is 38.8 Å². The summed E-state index contributed by atoms with van der Waals surface area (Å²) in [6, 6.07) is 20.9. The molecule has 1 heterocycles. The standard InChI is InChI=1S/C20H13N3O3S/c24-19(13-7-11-16(12-8-13)23(25)26)21-15-9-5-14(6-10-15)20-22-17-3-1-2-4-18(17)27-20/h1-12H,(H,21,24). The second-order valence-electron chi connectivity index (χ2n) is 5.82. The molecule has 0 fully saturated rings. The van der Waals surface area contributed by atoms with Gasteiger partial charge in [0.05, 0.1) is 15.1 Å². The van der Waals surface area contributed by atoms with Gasteiger partial charge in [0.25, 0.3) is 11.6 Å². The average molecular weight is 375 g/mol. The number of nitro benzene ring substituents is 1. The first kappa shape index (κ1) is 16.9. The van der Waals surface area contributed by atoms with Gasteiger partial charge in [-0.15, -0.1) is 11.3 Å². The molecule has 1 N–H and O–H groups in total. The highest BCUT2D eigenvalue weighted by molar-refractivity contribution is 7.21. The highest BCUT2D eigenvalue weighted by atomic mass is 32.1. The molecule has 1 amide bonds. The van der Waals surface area contributed by atoms with Crippen molar-refractivity contribution in [2.45, 2.75) is 0 Å². The number of aromatic nitrogens is 1. The summed E-state index contributed by atoms with van der Waals surface area (Å²) in [7, 11) is 0. The number of carbonyl (C=O) groups excluding carboxylic acids is 1. The number of benzene rings is 3. The smallest absolute Gasteiger partial charge is 0.269 e. The number of nitro groups is 1. The summed E-state index contributed by atoms with van der Waals surface area (Å²) in [5.74, 6) is -0.322. The van der Waals surface area contributed by atoms with Gasteiger partial charge in [0, 0.05) is 28.9 Å². The van der Waals surface area contributed by atoms with Gasteiger partial charge < -0.3 is 5.32 Å². The molecule has 0 saturated heterocycles. The van der Waals surface area contributed by atoms with Gasteiger partial charge in [-0.2, -0.15) is 0 Å². The Kier molecular flexibility index (Phi) is 4.35. The number of hydrogen-bond acceptors (Lipinski definition) is 5. The molecule has 3 aromatic carbocycles. The van der Waals surface area contributed by atoms with E-state index in [-0.39, 0.29) is 11.6 Å². The molecule has 6 nitrogen and oxygen atoms in total. The molecule has 132 valence electrons. The molecule has 0 aliphatic carbocycles. The maximum absolute atomic E-state index is 12.3. The SMILES string of the molecule is O=C(Nc1ccc(-c2nc3ccccc3s2)cc1)c1ccc([N+](=O)[O-])cc1. The van der Waals surface area contributed by atoms with E-state index in [0.29, 0.717) is 11.3 Å². The number of para-hydroxylation sites is 1. The Hall–Kier alpha value is -3.58. The molecule has 0 unspecified atom stereocenters.